The molecule has 3 rings (SSSR count). The summed E-state index contributed by atoms with van der Waals surface area (Å²) in [4.78, 5) is 6.71. The molecular weight excluding hydrogens is 344 g/mol. The summed E-state index contributed by atoms with van der Waals surface area (Å²) in [6.07, 6.45) is -4.55. The molecule has 0 spiro atoms. The van der Waals surface area contributed by atoms with E-state index in [2.05, 4.69) is 15.0 Å². The van der Waals surface area contributed by atoms with Crippen LogP contribution in [0.15, 0.2) is 22.0 Å². The Morgan fingerprint density at radius 1 is 1.38 bits per heavy atom. The van der Waals surface area contributed by atoms with Crippen molar-refractivity contribution in [2.45, 2.75) is 36.9 Å². The highest BCUT2D eigenvalue weighted by Crippen LogP contribution is 2.42. The molecule has 0 radical (unpaired) electrons. The van der Waals surface area contributed by atoms with Crippen LogP contribution in [0.25, 0.3) is 0 Å². The third-order valence-corrected chi connectivity index (χ3v) is 4.88. The molecule has 1 atom stereocenters. The fourth-order valence-electron chi connectivity index (χ4n) is 2.92. The predicted octanol–water partition coefficient (Wildman–Crippen LogP) is 3.61. The highest BCUT2D eigenvalue weighted by molar-refractivity contribution is 7.98. The van der Waals surface area contributed by atoms with Gasteiger partial charge in [0.25, 0.3) is 0 Å². The minimum atomic E-state index is -4.27. The molecule has 1 aromatic carbocycles. The first kappa shape index (κ1) is 17.3. The highest BCUT2D eigenvalue weighted by Gasteiger charge is 2.37. The van der Waals surface area contributed by atoms with Crippen LogP contribution in [0.3, 0.4) is 0 Å². The molecule has 2 aliphatic heterocycles. The fraction of sp³-hybridized carbons (Fsp3) is 0.533. The van der Waals surface area contributed by atoms with Crippen molar-refractivity contribution in [1.82, 2.24) is 10.0 Å². The Labute approximate surface area is 141 Å². The lowest BCUT2D eigenvalue weighted by Gasteiger charge is -2.39. The Balaban J connectivity index is 2.01. The van der Waals surface area contributed by atoms with Crippen molar-refractivity contribution in [3.8, 4) is 0 Å². The van der Waals surface area contributed by atoms with Crippen LogP contribution in [-0.4, -0.2) is 37.7 Å². The lowest BCUT2D eigenvalue weighted by molar-refractivity contribution is -0.138. The monoisotopic (exact) mass is 362 g/mol. The van der Waals surface area contributed by atoms with Crippen LogP contribution in [0.5, 0.6) is 0 Å². The standard InChI is InChI=1S/C15H18F4N4S/c1-2-13-21-14-11(5-9(16)6-12(14)24-22-13)23-4-3-20-8-10(23)7-15(17,18)19/h5-6,10,20H,2-4,7-8H2,1H3,(H,21,22)/t10-/m1/s1. The van der Waals surface area contributed by atoms with E-state index < -0.39 is 24.5 Å². The summed E-state index contributed by atoms with van der Waals surface area (Å²) in [6, 6.07) is 1.87. The highest BCUT2D eigenvalue weighted by atomic mass is 32.2. The first-order valence-electron chi connectivity index (χ1n) is 7.75. The summed E-state index contributed by atoms with van der Waals surface area (Å²) >= 11 is 1.24. The predicted molar refractivity (Wildman–Crippen MR) is 87.5 cm³/mol. The SMILES string of the molecule is CCC1=Nc2c(cc(F)cc2N2CCNC[C@H]2CC(F)(F)F)SN1. The number of nitrogens with one attached hydrogen (secondary N) is 2. The number of halogens is 4. The average molecular weight is 362 g/mol. The minimum absolute atomic E-state index is 0.209. The normalized spacial score (nSPS) is 21.1. The maximum Gasteiger partial charge on any atom is 0.391 e. The van der Waals surface area contributed by atoms with E-state index in [1.807, 2.05) is 6.92 Å². The van der Waals surface area contributed by atoms with Crippen LogP contribution in [0, 0.1) is 5.82 Å². The van der Waals surface area contributed by atoms with Gasteiger partial charge in [-0.25, -0.2) is 9.38 Å². The van der Waals surface area contributed by atoms with Gasteiger partial charge in [0.05, 0.1) is 23.0 Å². The molecule has 2 N–H and O–H groups in total. The summed E-state index contributed by atoms with van der Waals surface area (Å²) in [7, 11) is 0. The van der Waals surface area contributed by atoms with E-state index in [1.54, 1.807) is 4.90 Å². The van der Waals surface area contributed by atoms with Crippen LogP contribution in [0.2, 0.25) is 0 Å². The Morgan fingerprint density at radius 3 is 2.88 bits per heavy atom. The Hall–Kier alpha value is -1.48. The summed E-state index contributed by atoms with van der Waals surface area (Å²) < 4.78 is 55.7. The molecule has 1 saturated heterocycles. The van der Waals surface area contributed by atoms with Crippen LogP contribution in [0.4, 0.5) is 28.9 Å². The number of nitrogens with zero attached hydrogens (tertiary/aromatic N) is 2. The number of hydrogen-bond acceptors (Lipinski definition) is 5. The van der Waals surface area contributed by atoms with Gasteiger partial charge in [0.15, 0.2) is 0 Å². The number of benzene rings is 1. The van der Waals surface area contributed by atoms with E-state index in [4.69, 9.17) is 0 Å². The lowest BCUT2D eigenvalue weighted by atomic mass is 10.1. The fourth-order valence-corrected chi connectivity index (χ4v) is 3.76. The van der Waals surface area contributed by atoms with Crippen molar-refractivity contribution in [1.29, 1.82) is 0 Å². The second kappa shape index (κ2) is 6.79. The van der Waals surface area contributed by atoms with Gasteiger partial charge in [0, 0.05) is 26.1 Å². The lowest BCUT2D eigenvalue weighted by Crippen LogP contribution is -2.53. The molecule has 0 bridgehead atoms. The van der Waals surface area contributed by atoms with Gasteiger partial charge in [-0.15, -0.1) is 0 Å². The molecule has 0 unspecified atom stereocenters. The zero-order valence-corrected chi connectivity index (χ0v) is 13.9. The van der Waals surface area contributed by atoms with Gasteiger partial charge >= 0.3 is 6.18 Å². The number of rotatable bonds is 3. The molecule has 132 valence electrons. The maximum atomic E-state index is 14.0. The zero-order valence-electron chi connectivity index (χ0n) is 13.1. The summed E-state index contributed by atoms with van der Waals surface area (Å²) in [6.45, 7) is 3.07. The Morgan fingerprint density at radius 2 is 2.17 bits per heavy atom. The molecule has 1 fully saturated rings. The molecule has 24 heavy (non-hydrogen) atoms. The first-order chi connectivity index (χ1) is 11.4. The Kier molecular flexibility index (Phi) is 4.91. The van der Waals surface area contributed by atoms with Crippen molar-refractivity contribution < 1.29 is 17.6 Å². The second-order valence-corrected chi connectivity index (χ2v) is 6.61. The van der Waals surface area contributed by atoms with E-state index >= 15 is 0 Å². The van der Waals surface area contributed by atoms with Crippen molar-refractivity contribution in [2.24, 2.45) is 4.99 Å². The van der Waals surface area contributed by atoms with Crippen LogP contribution >= 0.6 is 11.9 Å². The zero-order chi connectivity index (χ0) is 17.3. The number of aliphatic imine (C=N–C) groups is 1. The van der Waals surface area contributed by atoms with Gasteiger partial charge in [-0.05, 0) is 24.1 Å². The number of alkyl halides is 3. The smallest absolute Gasteiger partial charge is 0.364 e. The Bertz CT molecular complexity index is 647. The molecule has 2 aliphatic rings. The molecule has 0 aromatic heterocycles. The van der Waals surface area contributed by atoms with E-state index in [-0.39, 0.29) is 6.54 Å². The maximum absolute atomic E-state index is 14.0. The topological polar surface area (TPSA) is 39.7 Å². The summed E-state index contributed by atoms with van der Waals surface area (Å²) in [5, 5.41) is 2.98. The number of piperazine rings is 1. The first-order valence-corrected chi connectivity index (χ1v) is 8.57. The van der Waals surface area contributed by atoms with Crippen LogP contribution in [-0.2, 0) is 0 Å². The van der Waals surface area contributed by atoms with E-state index in [9.17, 15) is 17.6 Å². The molecule has 0 saturated carbocycles. The quantitative estimate of drug-likeness (QED) is 0.637. The van der Waals surface area contributed by atoms with Crippen molar-refractivity contribution in [2.75, 3.05) is 24.5 Å². The van der Waals surface area contributed by atoms with Gasteiger partial charge in [-0.2, -0.15) is 13.2 Å². The van der Waals surface area contributed by atoms with Gasteiger partial charge in [-0.3, -0.25) is 0 Å². The molecule has 0 aliphatic carbocycles. The molecule has 2 heterocycles. The van der Waals surface area contributed by atoms with E-state index in [0.717, 1.165) is 5.84 Å². The second-order valence-electron chi connectivity index (χ2n) is 5.76. The number of amidine groups is 1. The third kappa shape index (κ3) is 3.77. The molecule has 0 amide bonds. The molecular formula is C15H18F4N4S. The van der Waals surface area contributed by atoms with Crippen LogP contribution in [0.1, 0.15) is 19.8 Å². The molecule has 9 heteroatoms. The van der Waals surface area contributed by atoms with Crippen molar-refractivity contribution >= 4 is 29.2 Å². The third-order valence-electron chi connectivity index (χ3n) is 4.01. The molecule has 1 aromatic rings. The largest absolute Gasteiger partial charge is 0.391 e. The van der Waals surface area contributed by atoms with E-state index in [0.29, 0.717) is 35.8 Å². The van der Waals surface area contributed by atoms with Crippen LogP contribution < -0.4 is 14.9 Å². The van der Waals surface area contributed by atoms with E-state index in [1.165, 1.54) is 24.1 Å². The number of hydrogen-bond donors (Lipinski definition) is 2. The van der Waals surface area contributed by atoms with Crippen molar-refractivity contribution in [3.63, 3.8) is 0 Å². The average Bonchev–Trinajstić information content (AvgIpc) is 2.53. The van der Waals surface area contributed by atoms with Crippen molar-refractivity contribution in [3.05, 3.63) is 17.9 Å². The number of anilines is 1. The van der Waals surface area contributed by atoms with Gasteiger partial charge in [0.1, 0.15) is 17.3 Å². The summed E-state index contributed by atoms with van der Waals surface area (Å²) in [5.74, 6) is 0.250. The van der Waals surface area contributed by atoms with Gasteiger partial charge in [-0.1, -0.05) is 6.92 Å². The number of fused-ring (bicyclic) bond motifs is 1. The molecule has 4 nitrogen and oxygen atoms in total. The minimum Gasteiger partial charge on any atom is -0.364 e. The van der Waals surface area contributed by atoms with Gasteiger partial charge < -0.3 is 14.9 Å². The van der Waals surface area contributed by atoms with Gasteiger partial charge in [0.2, 0.25) is 0 Å². The summed E-state index contributed by atoms with van der Waals surface area (Å²) in [5.41, 5.74) is 0.978.